The number of benzene rings is 2. The molecule has 0 aliphatic heterocycles. The van der Waals surface area contributed by atoms with Crippen molar-refractivity contribution in [3.63, 3.8) is 0 Å². The summed E-state index contributed by atoms with van der Waals surface area (Å²) in [6.07, 6.45) is 26.9. The predicted octanol–water partition coefficient (Wildman–Crippen LogP) is 11.6. The minimum absolute atomic E-state index is 0.0870. The molecule has 0 amide bonds. The average Bonchev–Trinajstić information content (AvgIpc) is 3.24. The third kappa shape index (κ3) is 23.0. The van der Waals surface area contributed by atoms with Crippen LogP contribution in [0, 0.1) is 5.92 Å². The molecule has 0 atom stereocenters. The molecule has 1 saturated carbocycles. The molecule has 9 nitrogen and oxygen atoms in total. The standard InChI is InChI=1S/C48H70O9/c1-3-46(49)54-37-21-17-13-9-5-7-11-15-19-35-52-42-27-23-40(24-28-42)39-56-44-31-33-45(34-32-44)57-48(51)41-25-29-43(30-26-41)53-36-20-16-12-8-6-10-14-18-22-38-55-47(50)4-2/h3-4,23-24,27-28,31-34,41,43H,1-2,5-22,25-26,29-30,35-39H2. The lowest BCUT2D eigenvalue weighted by Crippen LogP contribution is -2.29. The summed E-state index contributed by atoms with van der Waals surface area (Å²) in [7, 11) is 0. The number of carbonyl (C=O) groups excluding carboxylic acids is 3. The number of hydrogen-bond acceptors (Lipinski definition) is 9. The van der Waals surface area contributed by atoms with E-state index in [9.17, 15) is 14.4 Å². The van der Waals surface area contributed by atoms with Crippen LogP contribution in [0.1, 0.15) is 147 Å². The topological polar surface area (TPSA) is 107 Å². The predicted molar refractivity (Wildman–Crippen MR) is 225 cm³/mol. The van der Waals surface area contributed by atoms with Crippen LogP contribution in [-0.4, -0.2) is 50.4 Å². The molecule has 57 heavy (non-hydrogen) atoms. The van der Waals surface area contributed by atoms with Gasteiger partial charge in [-0.25, -0.2) is 9.59 Å². The lowest BCUT2D eigenvalue weighted by atomic mass is 9.87. The summed E-state index contributed by atoms with van der Waals surface area (Å²) in [5.74, 6) is 1.20. The normalized spacial score (nSPS) is 15.0. The highest BCUT2D eigenvalue weighted by molar-refractivity contribution is 5.81. The summed E-state index contributed by atoms with van der Waals surface area (Å²) in [5, 5.41) is 0. The largest absolute Gasteiger partial charge is 0.494 e. The highest BCUT2D eigenvalue weighted by Gasteiger charge is 2.28. The fraction of sp³-hybridized carbons (Fsp3) is 0.604. The molecule has 0 spiro atoms. The number of esters is 3. The maximum atomic E-state index is 12.9. The summed E-state index contributed by atoms with van der Waals surface area (Å²) in [5.41, 5.74) is 1.05. The Morgan fingerprint density at radius 1 is 0.491 bits per heavy atom. The summed E-state index contributed by atoms with van der Waals surface area (Å²) in [6, 6.07) is 15.3. The third-order valence-electron chi connectivity index (χ3n) is 10.4. The van der Waals surface area contributed by atoms with Crippen molar-refractivity contribution < 1.29 is 42.8 Å². The number of unbranched alkanes of at least 4 members (excludes halogenated alkanes) is 16. The first kappa shape index (κ1) is 47.3. The van der Waals surface area contributed by atoms with Gasteiger partial charge in [0.1, 0.15) is 23.9 Å². The second-order valence-electron chi connectivity index (χ2n) is 15.1. The van der Waals surface area contributed by atoms with Gasteiger partial charge in [0, 0.05) is 18.8 Å². The van der Waals surface area contributed by atoms with Crippen molar-refractivity contribution in [2.75, 3.05) is 26.4 Å². The Morgan fingerprint density at radius 3 is 1.39 bits per heavy atom. The van der Waals surface area contributed by atoms with E-state index in [0.717, 1.165) is 94.5 Å². The van der Waals surface area contributed by atoms with Crippen molar-refractivity contribution >= 4 is 17.9 Å². The average molecular weight is 791 g/mol. The molecular formula is C48H70O9. The molecule has 0 unspecified atom stereocenters. The minimum Gasteiger partial charge on any atom is -0.494 e. The molecule has 3 rings (SSSR count). The van der Waals surface area contributed by atoms with Gasteiger partial charge in [0.25, 0.3) is 0 Å². The maximum absolute atomic E-state index is 12.9. The first-order valence-electron chi connectivity index (χ1n) is 21.8. The number of rotatable bonds is 33. The zero-order valence-electron chi connectivity index (χ0n) is 34.6. The van der Waals surface area contributed by atoms with E-state index in [1.165, 1.54) is 89.2 Å². The van der Waals surface area contributed by atoms with Crippen molar-refractivity contribution in [2.45, 2.75) is 154 Å². The van der Waals surface area contributed by atoms with Gasteiger partial charge in [-0.15, -0.1) is 0 Å². The molecule has 0 bridgehead atoms. The molecule has 1 aliphatic carbocycles. The van der Waals surface area contributed by atoms with E-state index < -0.39 is 0 Å². The zero-order chi connectivity index (χ0) is 40.6. The maximum Gasteiger partial charge on any atom is 0.330 e. The number of hydrogen-bond donors (Lipinski definition) is 0. The monoisotopic (exact) mass is 791 g/mol. The highest BCUT2D eigenvalue weighted by Crippen LogP contribution is 2.29. The van der Waals surface area contributed by atoms with Crippen LogP contribution in [0.2, 0.25) is 0 Å². The van der Waals surface area contributed by atoms with Crippen molar-refractivity contribution in [2.24, 2.45) is 5.92 Å². The second-order valence-corrected chi connectivity index (χ2v) is 15.1. The van der Waals surface area contributed by atoms with Crippen LogP contribution in [0.5, 0.6) is 17.2 Å². The number of ether oxygens (including phenoxy) is 6. The Balaban J connectivity index is 1.14. The molecular weight excluding hydrogens is 721 g/mol. The fourth-order valence-electron chi connectivity index (χ4n) is 6.90. The van der Waals surface area contributed by atoms with Crippen molar-refractivity contribution in [3.8, 4) is 17.2 Å². The lowest BCUT2D eigenvalue weighted by molar-refractivity contribution is -0.141. The molecule has 1 fully saturated rings. The van der Waals surface area contributed by atoms with E-state index in [4.69, 9.17) is 28.4 Å². The summed E-state index contributed by atoms with van der Waals surface area (Å²) < 4.78 is 33.8. The third-order valence-corrected chi connectivity index (χ3v) is 10.4. The Labute approximate surface area is 342 Å². The van der Waals surface area contributed by atoms with Crippen LogP contribution < -0.4 is 14.2 Å². The van der Waals surface area contributed by atoms with E-state index >= 15 is 0 Å². The van der Waals surface area contributed by atoms with Gasteiger partial charge in [0.05, 0.1) is 31.8 Å². The summed E-state index contributed by atoms with van der Waals surface area (Å²) >= 11 is 0. The molecule has 1 aliphatic rings. The Morgan fingerprint density at radius 2 is 0.895 bits per heavy atom. The minimum atomic E-state index is -0.338. The van der Waals surface area contributed by atoms with Crippen LogP contribution >= 0.6 is 0 Å². The molecule has 0 saturated heterocycles. The van der Waals surface area contributed by atoms with Gasteiger partial charge in [0.2, 0.25) is 0 Å². The van der Waals surface area contributed by atoms with Gasteiger partial charge in [0.15, 0.2) is 0 Å². The van der Waals surface area contributed by atoms with Crippen molar-refractivity contribution in [3.05, 3.63) is 79.4 Å². The molecule has 0 N–H and O–H groups in total. The molecule has 316 valence electrons. The van der Waals surface area contributed by atoms with Gasteiger partial charge in [-0.1, -0.05) is 115 Å². The van der Waals surface area contributed by atoms with Gasteiger partial charge in [-0.05, 0) is 93.3 Å². The summed E-state index contributed by atoms with van der Waals surface area (Å²) in [6.45, 7) is 9.73. The van der Waals surface area contributed by atoms with Crippen LogP contribution in [0.15, 0.2) is 73.8 Å². The first-order valence-corrected chi connectivity index (χ1v) is 21.8. The van der Waals surface area contributed by atoms with Gasteiger partial charge < -0.3 is 28.4 Å². The van der Waals surface area contributed by atoms with E-state index in [1.54, 1.807) is 12.1 Å². The molecule has 2 aromatic carbocycles. The lowest BCUT2D eigenvalue weighted by Gasteiger charge is -2.27. The molecule has 0 heterocycles. The Bertz CT molecular complexity index is 1380. The first-order chi connectivity index (χ1) is 28.0. The smallest absolute Gasteiger partial charge is 0.330 e. The molecule has 0 radical (unpaired) electrons. The van der Waals surface area contributed by atoms with Gasteiger partial charge in [-0.2, -0.15) is 0 Å². The quantitative estimate of drug-likeness (QED) is 0.0302. The Kier molecular flexibility index (Phi) is 25.7. The van der Waals surface area contributed by atoms with Gasteiger partial charge >= 0.3 is 17.9 Å². The fourth-order valence-corrected chi connectivity index (χ4v) is 6.90. The zero-order valence-corrected chi connectivity index (χ0v) is 34.6. The van der Waals surface area contributed by atoms with Crippen LogP contribution in [-0.2, 0) is 35.2 Å². The van der Waals surface area contributed by atoms with E-state index in [-0.39, 0.29) is 29.9 Å². The SMILES string of the molecule is C=CC(=O)OCCCCCCCCCCCOc1ccc(COc2ccc(OC(=O)C3CCC(OCCCCCCCCCCCOC(=O)C=C)CC3)cc2)cc1. The van der Waals surface area contributed by atoms with Gasteiger partial charge in [-0.3, -0.25) is 4.79 Å². The van der Waals surface area contributed by atoms with Crippen molar-refractivity contribution in [1.29, 1.82) is 0 Å². The molecule has 9 heteroatoms. The van der Waals surface area contributed by atoms with E-state index in [0.29, 0.717) is 25.6 Å². The van der Waals surface area contributed by atoms with E-state index in [2.05, 4.69) is 13.2 Å². The molecule has 2 aromatic rings. The van der Waals surface area contributed by atoms with Crippen LogP contribution in [0.3, 0.4) is 0 Å². The van der Waals surface area contributed by atoms with E-state index in [1.807, 2.05) is 36.4 Å². The summed E-state index contributed by atoms with van der Waals surface area (Å²) in [4.78, 5) is 34.9. The van der Waals surface area contributed by atoms with Crippen LogP contribution in [0.25, 0.3) is 0 Å². The Hall–Kier alpha value is -4.11. The highest BCUT2D eigenvalue weighted by atomic mass is 16.5. The van der Waals surface area contributed by atoms with Crippen LogP contribution in [0.4, 0.5) is 0 Å². The second kappa shape index (κ2) is 31.0. The number of carbonyl (C=O) groups is 3. The van der Waals surface area contributed by atoms with Crippen molar-refractivity contribution in [1.82, 2.24) is 0 Å². The molecule has 0 aromatic heterocycles.